The van der Waals surface area contributed by atoms with E-state index >= 15 is 0 Å². The smallest absolute Gasteiger partial charge is 0.366 e. The lowest BCUT2D eigenvalue weighted by molar-refractivity contribution is 0.0518. The van der Waals surface area contributed by atoms with E-state index in [9.17, 15) is 4.79 Å². The molecule has 5 heteroatoms. The van der Waals surface area contributed by atoms with Gasteiger partial charge in [-0.1, -0.05) is 53.7 Å². The molecule has 0 radical (unpaired) electrons. The summed E-state index contributed by atoms with van der Waals surface area (Å²) in [5, 5.41) is 5.51. The molecule has 0 heterocycles. The minimum Gasteiger partial charge on any atom is -0.496 e. The summed E-state index contributed by atoms with van der Waals surface area (Å²) in [7, 11) is 1.54. The lowest BCUT2D eigenvalue weighted by Gasteiger charge is -2.07. The number of para-hydroxylation sites is 1. The van der Waals surface area contributed by atoms with Crippen molar-refractivity contribution in [2.45, 2.75) is 0 Å². The molecule has 0 atom stereocenters. The number of carbonyl (C=O) groups excluding carboxylic acids is 1. The average molecular weight is 320 g/mol. The van der Waals surface area contributed by atoms with Crippen molar-refractivity contribution >= 4 is 22.6 Å². The first-order valence-corrected chi connectivity index (χ1v) is 7.36. The third kappa shape index (κ3) is 3.05. The van der Waals surface area contributed by atoms with Crippen LogP contribution in [0.15, 0.2) is 71.9 Å². The number of hydrogen-bond donors (Lipinski definition) is 1. The van der Waals surface area contributed by atoms with Gasteiger partial charge in [0.05, 0.1) is 18.2 Å². The van der Waals surface area contributed by atoms with Crippen molar-refractivity contribution in [2.75, 3.05) is 7.11 Å². The van der Waals surface area contributed by atoms with Gasteiger partial charge in [0.2, 0.25) is 0 Å². The van der Waals surface area contributed by atoms with Gasteiger partial charge in [0, 0.05) is 0 Å². The summed E-state index contributed by atoms with van der Waals surface area (Å²) in [6.45, 7) is 0. The molecule has 0 saturated heterocycles. The van der Waals surface area contributed by atoms with Gasteiger partial charge in [-0.2, -0.15) is 0 Å². The van der Waals surface area contributed by atoms with Crippen molar-refractivity contribution in [3.05, 3.63) is 77.9 Å². The highest BCUT2D eigenvalue weighted by Crippen LogP contribution is 2.20. The molecule has 5 nitrogen and oxygen atoms in total. The van der Waals surface area contributed by atoms with E-state index < -0.39 is 5.97 Å². The van der Waals surface area contributed by atoms with Gasteiger partial charge in [0.25, 0.3) is 0 Å². The largest absolute Gasteiger partial charge is 0.496 e. The van der Waals surface area contributed by atoms with E-state index in [1.54, 1.807) is 30.3 Å². The first-order valence-electron chi connectivity index (χ1n) is 7.36. The molecule has 3 rings (SSSR count). The number of oxime groups is 1. The Balaban J connectivity index is 1.86. The average Bonchev–Trinajstić information content (AvgIpc) is 2.65. The van der Waals surface area contributed by atoms with Crippen molar-refractivity contribution in [3.63, 3.8) is 0 Å². The standard InChI is InChI=1S/C19H16N2O3/c1-23-17-12-5-4-10-16(17)18(20)21-24-19(22)15-11-6-8-13-7-2-3-9-14(13)15/h2-12H,1H3,(H2,20,21). The van der Waals surface area contributed by atoms with Crippen LogP contribution >= 0.6 is 0 Å². The van der Waals surface area contributed by atoms with E-state index in [4.69, 9.17) is 15.3 Å². The Labute approximate surface area is 139 Å². The summed E-state index contributed by atoms with van der Waals surface area (Å²) in [6, 6.07) is 20.1. The number of methoxy groups -OCH3 is 1. The maximum absolute atomic E-state index is 12.3. The quantitative estimate of drug-likeness (QED) is 0.346. The number of rotatable bonds is 4. The number of ether oxygens (including phenoxy) is 1. The molecule has 0 bridgehead atoms. The Bertz CT molecular complexity index is 914. The van der Waals surface area contributed by atoms with E-state index in [2.05, 4.69) is 5.16 Å². The molecule has 3 aromatic rings. The lowest BCUT2D eigenvalue weighted by Crippen LogP contribution is -2.16. The van der Waals surface area contributed by atoms with E-state index in [0.29, 0.717) is 16.9 Å². The molecule has 0 aliphatic heterocycles. The number of carbonyl (C=O) groups is 1. The number of fused-ring (bicyclic) bond motifs is 1. The second-order valence-electron chi connectivity index (χ2n) is 5.08. The van der Waals surface area contributed by atoms with Crippen LogP contribution in [0.5, 0.6) is 5.75 Å². The summed E-state index contributed by atoms with van der Waals surface area (Å²) < 4.78 is 5.21. The first-order chi connectivity index (χ1) is 11.7. The Morgan fingerprint density at radius 3 is 2.42 bits per heavy atom. The van der Waals surface area contributed by atoms with Gasteiger partial charge >= 0.3 is 5.97 Å². The zero-order valence-corrected chi connectivity index (χ0v) is 13.1. The zero-order valence-electron chi connectivity index (χ0n) is 13.1. The molecule has 0 spiro atoms. The summed E-state index contributed by atoms with van der Waals surface area (Å²) >= 11 is 0. The number of amidine groups is 1. The van der Waals surface area contributed by atoms with E-state index in [1.165, 1.54) is 7.11 Å². The Morgan fingerprint density at radius 2 is 1.58 bits per heavy atom. The molecule has 3 aromatic carbocycles. The highest BCUT2D eigenvalue weighted by Gasteiger charge is 2.13. The fourth-order valence-corrected chi connectivity index (χ4v) is 2.45. The van der Waals surface area contributed by atoms with Gasteiger partial charge in [-0.05, 0) is 29.0 Å². The molecular formula is C19H16N2O3. The van der Waals surface area contributed by atoms with Gasteiger partial charge in [0.1, 0.15) is 5.75 Å². The molecule has 0 aliphatic rings. The Hall–Kier alpha value is -3.34. The number of benzene rings is 3. The van der Waals surface area contributed by atoms with Crippen LogP contribution in [0.25, 0.3) is 10.8 Å². The maximum Gasteiger partial charge on any atom is 0.366 e. The molecular weight excluding hydrogens is 304 g/mol. The van der Waals surface area contributed by atoms with Crippen LogP contribution in [-0.4, -0.2) is 18.9 Å². The molecule has 0 amide bonds. The minimum atomic E-state index is -0.565. The summed E-state index contributed by atoms with van der Waals surface area (Å²) in [5.74, 6) is 0.0608. The Kier molecular flexibility index (Phi) is 4.43. The van der Waals surface area contributed by atoms with Crippen LogP contribution in [0.2, 0.25) is 0 Å². The highest BCUT2D eigenvalue weighted by atomic mass is 16.7. The molecule has 0 aromatic heterocycles. The van der Waals surface area contributed by atoms with E-state index in [0.717, 1.165) is 10.8 Å². The fourth-order valence-electron chi connectivity index (χ4n) is 2.45. The predicted octanol–water partition coefficient (Wildman–Crippen LogP) is 3.33. The van der Waals surface area contributed by atoms with Crippen molar-refractivity contribution in [2.24, 2.45) is 10.9 Å². The van der Waals surface area contributed by atoms with Gasteiger partial charge in [-0.3, -0.25) is 0 Å². The van der Waals surface area contributed by atoms with Crippen LogP contribution in [0, 0.1) is 0 Å². The van der Waals surface area contributed by atoms with Crippen LogP contribution in [0.4, 0.5) is 0 Å². The summed E-state index contributed by atoms with van der Waals surface area (Å²) in [4.78, 5) is 17.4. The maximum atomic E-state index is 12.3. The first kappa shape index (κ1) is 15.6. The molecule has 0 saturated carbocycles. The van der Waals surface area contributed by atoms with Crippen molar-refractivity contribution in [1.82, 2.24) is 0 Å². The topological polar surface area (TPSA) is 73.9 Å². The normalized spacial score (nSPS) is 11.3. The molecule has 0 aliphatic carbocycles. The third-order valence-electron chi connectivity index (χ3n) is 3.62. The summed E-state index contributed by atoms with van der Waals surface area (Å²) in [5.41, 5.74) is 6.90. The van der Waals surface area contributed by atoms with Crippen LogP contribution in [0.3, 0.4) is 0 Å². The second-order valence-corrected chi connectivity index (χ2v) is 5.08. The number of nitrogens with zero attached hydrogens (tertiary/aromatic N) is 1. The summed E-state index contributed by atoms with van der Waals surface area (Å²) in [6.07, 6.45) is 0. The minimum absolute atomic E-state index is 0.0704. The molecule has 2 N–H and O–H groups in total. The third-order valence-corrected chi connectivity index (χ3v) is 3.62. The zero-order chi connectivity index (χ0) is 16.9. The molecule has 0 unspecified atom stereocenters. The van der Waals surface area contributed by atoms with Crippen LogP contribution < -0.4 is 10.5 Å². The van der Waals surface area contributed by atoms with Gasteiger partial charge in [-0.25, -0.2) is 4.79 Å². The monoisotopic (exact) mass is 320 g/mol. The predicted molar refractivity (Wildman–Crippen MR) is 93.1 cm³/mol. The molecule has 120 valence electrons. The second kappa shape index (κ2) is 6.83. The van der Waals surface area contributed by atoms with Crippen LogP contribution in [0.1, 0.15) is 15.9 Å². The van der Waals surface area contributed by atoms with Gasteiger partial charge in [-0.15, -0.1) is 0 Å². The number of nitrogens with two attached hydrogens (primary N) is 1. The van der Waals surface area contributed by atoms with Gasteiger partial charge < -0.3 is 15.3 Å². The lowest BCUT2D eigenvalue weighted by atomic mass is 10.1. The molecule has 0 fully saturated rings. The SMILES string of the molecule is COc1ccccc1/C(N)=N\OC(=O)c1cccc2ccccc12. The van der Waals surface area contributed by atoms with E-state index in [-0.39, 0.29) is 5.84 Å². The van der Waals surface area contributed by atoms with Crippen molar-refractivity contribution < 1.29 is 14.4 Å². The van der Waals surface area contributed by atoms with Crippen molar-refractivity contribution in [3.8, 4) is 5.75 Å². The van der Waals surface area contributed by atoms with Gasteiger partial charge in [0.15, 0.2) is 5.84 Å². The van der Waals surface area contributed by atoms with E-state index in [1.807, 2.05) is 36.4 Å². The molecule has 24 heavy (non-hydrogen) atoms. The van der Waals surface area contributed by atoms with Crippen LogP contribution in [-0.2, 0) is 4.84 Å². The fraction of sp³-hybridized carbons (Fsp3) is 0.0526. The van der Waals surface area contributed by atoms with Crippen molar-refractivity contribution in [1.29, 1.82) is 0 Å². The Morgan fingerprint density at radius 1 is 0.917 bits per heavy atom. The number of hydrogen-bond acceptors (Lipinski definition) is 4. The highest BCUT2D eigenvalue weighted by molar-refractivity contribution is 6.05.